The fourth-order valence-electron chi connectivity index (χ4n) is 3.35. The number of rotatable bonds is 5. The van der Waals surface area contributed by atoms with Crippen molar-refractivity contribution in [2.24, 2.45) is 23.5 Å². The molecular formula is C12H22N2O. The molecule has 4 atom stereocenters. The van der Waals surface area contributed by atoms with E-state index in [9.17, 15) is 4.79 Å². The summed E-state index contributed by atoms with van der Waals surface area (Å²) in [7, 11) is 0. The Labute approximate surface area is 91.8 Å². The van der Waals surface area contributed by atoms with Crippen LogP contribution in [0, 0.1) is 17.8 Å². The molecule has 0 radical (unpaired) electrons. The maximum atomic E-state index is 10.7. The minimum atomic E-state index is -0.206. The van der Waals surface area contributed by atoms with E-state index in [0.29, 0.717) is 6.42 Å². The maximum Gasteiger partial charge on any atom is 0.218 e. The average Bonchev–Trinajstić information content (AvgIpc) is 2.74. The van der Waals surface area contributed by atoms with Gasteiger partial charge < -0.3 is 11.1 Å². The van der Waals surface area contributed by atoms with Crippen molar-refractivity contribution in [3.05, 3.63) is 0 Å². The van der Waals surface area contributed by atoms with E-state index >= 15 is 0 Å². The van der Waals surface area contributed by atoms with Gasteiger partial charge in [-0.15, -0.1) is 0 Å². The van der Waals surface area contributed by atoms with E-state index in [1.807, 2.05) is 6.92 Å². The van der Waals surface area contributed by atoms with Gasteiger partial charge in [-0.05, 0) is 50.5 Å². The van der Waals surface area contributed by atoms with Gasteiger partial charge in [-0.2, -0.15) is 0 Å². The second-order valence-electron chi connectivity index (χ2n) is 5.41. The number of fused-ring (bicyclic) bond motifs is 2. The van der Waals surface area contributed by atoms with Crippen molar-refractivity contribution in [1.29, 1.82) is 0 Å². The molecule has 0 aromatic rings. The molecule has 0 saturated heterocycles. The van der Waals surface area contributed by atoms with Gasteiger partial charge in [0.25, 0.3) is 0 Å². The topological polar surface area (TPSA) is 55.1 Å². The molecule has 2 bridgehead atoms. The van der Waals surface area contributed by atoms with Crippen molar-refractivity contribution in [2.45, 2.75) is 45.1 Å². The number of nitrogens with two attached hydrogens (primary N) is 1. The lowest BCUT2D eigenvalue weighted by Crippen LogP contribution is -2.35. The number of carbonyl (C=O) groups is 1. The third kappa shape index (κ3) is 2.71. The number of amides is 1. The van der Waals surface area contributed by atoms with Gasteiger partial charge in [-0.1, -0.05) is 6.42 Å². The van der Waals surface area contributed by atoms with Gasteiger partial charge in [0.2, 0.25) is 5.91 Å². The van der Waals surface area contributed by atoms with Crippen LogP contribution in [0.2, 0.25) is 0 Å². The van der Waals surface area contributed by atoms with Gasteiger partial charge in [-0.25, -0.2) is 0 Å². The Morgan fingerprint density at radius 3 is 2.80 bits per heavy atom. The molecule has 0 aromatic heterocycles. The molecular weight excluding hydrogens is 188 g/mol. The third-order valence-corrected chi connectivity index (χ3v) is 4.12. The number of hydrogen-bond acceptors (Lipinski definition) is 2. The summed E-state index contributed by atoms with van der Waals surface area (Å²) in [5.41, 5.74) is 5.16. The van der Waals surface area contributed by atoms with Crippen LogP contribution in [-0.2, 0) is 4.79 Å². The first-order valence-corrected chi connectivity index (χ1v) is 6.17. The first-order chi connectivity index (χ1) is 7.15. The largest absolute Gasteiger partial charge is 0.370 e. The molecule has 2 fully saturated rings. The van der Waals surface area contributed by atoms with Gasteiger partial charge in [0, 0.05) is 12.5 Å². The van der Waals surface area contributed by atoms with Crippen LogP contribution < -0.4 is 11.1 Å². The van der Waals surface area contributed by atoms with Gasteiger partial charge in [0.15, 0.2) is 0 Å². The highest BCUT2D eigenvalue weighted by atomic mass is 16.1. The molecule has 86 valence electrons. The van der Waals surface area contributed by atoms with Gasteiger partial charge >= 0.3 is 0 Å². The molecule has 2 aliphatic carbocycles. The van der Waals surface area contributed by atoms with Crippen molar-refractivity contribution in [2.75, 3.05) is 6.54 Å². The van der Waals surface area contributed by atoms with E-state index in [0.717, 1.165) is 24.3 Å². The summed E-state index contributed by atoms with van der Waals surface area (Å²) < 4.78 is 0. The summed E-state index contributed by atoms with van der Waals surface area (Å²) in [5, 5.41) is 3.44. The van der Waals surface area contributed by atoms with Crippen molar-refractivity contribution < 1.29 is 4.79 Å². The lowest BCUT2D eigenvalue weighted by Gasteiger charge is -2.23. The quantitative estimate of drug-likeness (QED) is 0.718. The van der Waals surface area contributed by atoms with Gasteiger partial charge in [0.05, 0.1) is 0 Å². The SMILES string of the molecule is CC(CC(N)=O)NCC1CC2CCC1C2. The van der Waals surface area contributed by atoms with Crippen LogP contribution in [-0.4, -0.2) is 18.5 Å². The Morgan fingerprint density at radius 2 is 2.27 bits per heavy atom. The molecule has 0 aromatic carbocycles. The Balaban J connectivity index is 1.68. The van der Waals surface area contributed by atoms with Crippen LogP contribution >= 0.6 is 0 Å². The van der Waals surface area contributed by atoms with Crippen LogP contribution in [0.25, 0.3) is 0 Å². The Morgan fingerprint density at radius 1 is 1.47 bits per heavy atom. The van der Waals surface area contributed by atoms with E-state index in [2.05, 4.69) is 5.32 Å². The molecule has 3 nitrogen and oxygen atoms in total. The Kier molecular flexibility index (Phi) is 3.29. The normalized spacial score (nSPS) is 35.7. The summed E-state index contributed by atoms with van der Waals surface area (Å²) in [6.45, 7) is 3.12. The second kappa shape index (κ2) is 4.52. The van der Waals surface area contributed by atoms with Crippen molar-refractivity contribution in [1.82, 2.24) is 5.32 Å². The Bertz CT molecular complexity index is 242. The summed E-state index contributed by atoms with van der Waals surface area (Å²) in [6, 6.07) is 0.238. The Hall–Kier alpha value is -0.570. The molecule has 0 heterocycles. The molecule has 0 aliphatic heterocycles. The predicted molar refractivity (Wildman–Crippen MR) is 60.2 cm³/mol. The van der Waals surface area contributed by atoms with Crippen molar-refractivity contribution >= 4 is 5.91 Å². The first-order valence-electron chi connectivity index (χ1n) is 6.17. The molecule has 4 unspecified atom stereocenters. The van der Waals surface area contributed by atoms with E-state index in [-0.39, 0.29) is 11.9 Å². The van der Waals surface area contributed by atoms with Crippen molar-refractivity contribution in [3.8, 4) is 0 Å². The van der Waals surface area contributed by atoms with Gasteiger partial charge in [0.1, 0.15) is 0 Å². The second-order valence-corrected chi connectivity index (χ2v) is 5.41. The highest BCUT2D eigenvalue weighted by molar-refractivity contribution is 5.74. The van der Waals surface area contributed by atoms with E-state index in [4.69, 9.17) is 5.73 Å². The smallest absolute Gasteiger partial charge is 0.218 e. The van der Waals surface area contributed by atoms with Crippen molar-refractivity contribution in [3.63, 3.8) is 0 Å². The summed E-state index contributed by atoms with van der Waals surface area (Å²) >= 11 is 0. The fourth-order valence-corrected chi connectivity index (χ4v) is 3.35. The minimum Gasteiger partial charge on any atom is -0.370 e. The predicted octanol–water partition coefficient (Wildman–Crippen LogP) is 1.28. The first kappa shape index (κ1) is 10.9. The van der Waals surface area contributed by atoms with Crippen LogP contribution in [0.4, 0.5) is 0 Å². The van der Waals surface area contributed by atoms with E-state index in [1.54, 1.807) is 0 Å². The summed E-state index contributed by atoms with van der Waals surface area (Å²) in [4.78, 5) is 10.7. The van der Waals surface area contributed by atoms with Crippen LogP contribution in [0.3, 0.4) is 0 Å². The molecule has 15 heavy (non-hydrogen) atoms. The maximum absolute atomic E-state index is 10.7. The summed E-state index contributed by atoms with van der Waals surface area (Å²) in [6.07, 6.45) is 6.21. The number of nitrogens with one attached hydrogen (secondary N) is 1. The lowest BCUT2D eigenvalue weighted by atomic mass is 9.88. The van der Waals surface area contributed by atoms with Crippen LogP contribution in [0.15, 0.2) is 0 Å². The monoisotopic (exact) mass is 210 g/mol. The standard InChI is InChI=1S/C12H22N2O/c1-8(4-12(13)15)14-7-11-6-9-2-3-10(11)5-9/h8-11,14H,2-7H2,1H3,(H2,13,15). The minimum absolute atomic E-state index is 0.206. The lowest BCUT2D eigenvalue weighted by molar-refractivity contribution is -0.118. The van der Waals surface area contributed by atoms with E-state index in [1.165, 1.54) is 25.7 Å². The molecule has 3 N–H and O–H groups in total. The fraction of sp³-hybridized carbons (Fsp3) is 0.917. The average molecular weight is 210 g/mol. The highest BCUT2D eigenvalue weighted by Gasteiger charge is 2.39. The number of carbonyl (C=O) groups excluding carboxylic acids is 1. The summed E-state index contributed by atoms with van der Waals surface area (Å²) in [5.74, 6) is 2.62. The van der Waals surface area contributed by atoms with Crippen LogP contribution in [0.1, 0.15) is 39.0 Å². The zero-order valence-electron chi connectivity index (χ0n) is 9.54. The zero-order chi connectivity index (χ0) is 10.8. The molecule has 2 aliphatic rings. The zero-order valence-corrected chi connectivity index (χ0v) is 9.54. The molecule has 2 rings (SSSR count). The van der Waals surface area contributed by atoms with Crippen LogP contribution in [0.5, 0.6) is 0 Å². The highest BCUT2D eigenvalue weighted by Crippen LogP contribution is 2.47. The van der Waals surface area contributed by atoms with Gasteiger partial charge in [-0.3, -0.25) is 4.79 Å². The molecule has 2 saturated carbocycles. The van der Waals surface area contributed by atoms with E-state index < -0.39 is 0 Å². The third-order valence-electron chi connectivity index (χ3n) is 4.12. The molecule has 3 heteroatoms. The molecule has 0 spiro atoms. The number of hydrogen-bond donors (Lipinski definition) is 2. The molecule has 1 amide bonds. The number of primary amides is 1.